The van der Waals surface area contributed by atoms with Crippen molar-refractivity contribution >= 4 is 5.96 Å². The molecule has 0 saturated carbocycles. The highest BCUT2D eigenvalue weighted by atomic mass is 15.2. The molecule has 1 heterocycles. The van der Waals surface area contributed by atoms with Crippen LogP contribution in [0.15, 0.2) is 17.4 Å². The highest BCUT2D eigenvalue weighted by Crippen LogP contribution is 2.21. The largest absolute Gasteiger partial charge is 0.356 e. The molecule has 1 atom stereocenters. The Bertz CT molecular complexity index is 442. The van der Waals surface area contributed by atoms with Gasteiger partial charge in [0, 0.05) is 32.9 Å². The first-order valence-corrected chi connectivity index (χ1v) is 7.75. The van der Waals surface area contributed by atoms with Crippen molar-refractivity contribution in [2.75, 3.05) is 13.6 Å². The van der Waals surface area contributed by atoms with E-state index in [9.17, 15) is 0 Å². The lowest BCUT2D eigenvalue weighted by atomic mass is 9.89. The van der Waals surface area contributed by atoms with Gasteiger partial charge in [0.25, 0.3) is 0 Å². The molecule has 0 bridgehead atoms. The summed E-state index contributed by atoms with van der Waals surface area (Å²) in [5.41, 5.74) is 1.62. The third-order valence-corrected chi connectivity index (χ3v) is 3.40. The number of aliphatic imine (C=N–C) groups is 1. The Morgan fingerprint density at radius 3 is 2.67 bits per heavy atom. The van der Waals surface area contributed by atoms with Crippen LogP contribution in [-0.2, 0) is 13.5 Å². The van der Waals surface area contributed by atoms with Crippen LogP contribution in [0.1, 0.15) is 46.1 Å². The molecule has 1 unspecified atom stereocenters. The van der Waals surface area contributed by atoms with Crippen LogP contribution >= 0.6 is 0 Å². The quantitative estimate of drug-likeness (QED) is 0.625. The summed E-state index contributed by atoms with van der Waals surface area (Å²) in [5, 5.41) is 11.0. The van der Waals surface area contributed by atoms with Gasteiger partial charge in [-0.2, -0.15) is 5.10 Å². The normalized spacial score (nSPS) is 14.1. The van der Waals surface area contributed by atoms with Gasteiger partial charge in [-0.05, 0) is 37.2 Å². The zero-order valence-corrected chi connectivity index (χ0v) is 14.4. The van der Waals surface area contributed by atoms with E-state index in [1.54, 1.807) is 0 Å². The molecule has 1 aromatic heterocycles. The fourth-order valence-electron chi connectivity index (χ4n) is 2.08. The molecule has 5 nitrogen and oxygen atoms in total. The Kier molecular flexibility index (Phi) is 6.72. The average Bonchev–Trinajstić information content (AvgIpc) is 2.80. The Hall–Kier alpha value is -1.52. The molecule has 0 spiro atoms. The number of rotatable bonds is 6. The standard InChI is InChI=1S/C16H31N5/c1-13(7-9-16(2,3)4)20-15(17-5)18-10-8-14-11-19-21(6)12-14/h11-13H,7-10H2,1-6H3,(H2,17,18,20). The molecule has 1 aromatic rings. The van der Waals surface area contributed by atoms with Gasteiger partial charge >= 0.3 is 0 Å². The Balaban J connectivity index is 2.28. The van der Waals surface area contributed by atoms with Crippen molar-refractivity contribution in [1.29, 1.82) is 0 Å². The first-order chi connectivity index (χ1) is 9.80. The molecular weight excluding hydrogens is 262 g/mol. The molecular formula is C16H31N5. The van der Waals surface area contributed by atoms with Crippen molar-refractivity contribution in [3.63, 3.8) is 0 Å². The van der Waals surface area contributed by atoms with E-state index in [0.29, 0.717) is 11.5 Å². The maximum Gasteiger partial charge on any atom is 0.191 e. The third-order valence-electron chi connectivity index (χ3n) is 3.40. The van der Waals surface area contributed by atoms with Gasteiger partial charge in [-0.1, -0.05) is 20.8 Å². The maximum atomic E-state index is 4.28. The summed E-state index contributed by atoms with van der Waals surface area (Å²) < 4.78 is 1.83. The molecule has 1 rings (SSSR count). The van der Waals surface area contributed by atoms with E-state index in [1.807, 2.05) is 31.2 Å². The van der Waals surface area contributed by atoms with Crippen molar-refractivity contribution in [3.8, 4) is 0 Å². The number of nitrogens with zero attached hydrogens (tertiary/aromatic N) is 3. The molecule has 2 N–H and O–H groups in total. The van der Waals surface area contributed by atoms with Gasteiger partial charge in [0.2, 0.25) is 0 Å². The summed E-state index contributed by atoms with van der Waals surface area (Å²) in [5.74, 6) is 0.875. The van der Waals surface area contributed by atoms with Crippen molar-refractivity contribution < 1.29 is 0 Å². The van der Waals surface area contributed by atoms with Crippen molar-refractivity contribution in [1.82, 2.24) is 20.4 Å². The molecule has 0 saturated heterocycles. The van der Waals surface area contributed by atoms with Gasteiger partial charge in [-0.15, -0.1) is 0 Å². The predicted octanol–water partition coefficient (Wildman–Crippen LogP) is 2.34. The summed E-state index contributed by atoms with van der Waals surface area (Å²) in [6.07, 6.45) is 7.25. The number of hydrogen-bond donors (Lipinski definition) is 2. The minimum absolute atomic E-state index is 0.382. The lowest BCUT2D eigenvalue weighted by Crippen LogP contribution is -2.43. The van der Waals surface area contributed by atoms with Gasteiger partial charge < -0.3 is 10.6 Å². The van der Waals surface area contributed by atoms with E-state index in [2.05, 4.69) is 48.4 Å². The zero-order valence-electron chi connectivity index (χ0n) is 14.4. The summed E-state index contributed by atoms with van der Waals surface area (Å²) in [6, 6.07) is 0.425. The first kappa shape index (κ1) is 17.5. The van der Waals surface area contributed by atoms with Crippen LogP contribution in [0.4, 0.5) is 0 Å². The molecule has 5 heteroatoms. The van der Waals surface area contributed by atoms with E-state index in [4.69, 9.17) is 0 Å². The highest BCUT2D eigenvalue weighted by Gasteiger charge is 2.13. The van der Waals surface area contributed by atoms with Gasteiger partial charge in [-0.3, -0.25) is 9.67 Å². The van der Waals surface area contributed by atoms with Crippen LogP contribution in [0.3, 0.4) is 0 Å². The Morgan fingerprint density at radius 2 is 2.14 bits per heavy atom. The van der Waals surface area contributed by atoms with E-state index >= 15 is 0 Å². The van der Waals surface area contributed by atoms with Crippen molar-refractivity contribution in [2.24, 2.45) is 17.5 Å². The van der Waals surface area contributed by atoms with E-state index in [1.165, 1.54) is 12.0 Å². The predicted molar refractivity (Wildman–Crippen MR) is 89.6 cm³/mol. The second kappa shape index (κ2) is 8.05. The van der Waals surface area contributed by atoms with E-state index in [-0.39, 0.29) is 0 Å². The van der Waals surface area contributed by atoms with Gasteiger partial charge in [-0.25, -0.2) is 0 Å². The Morgan fingerprint density at radius 1 is 1.43 bits per heavy atom. The summed E-state index contributed by atoms with van der Waals surface area (Å²) in [6.45, 7) is 9.90. The van der Waals surface area contributed by atoms with E-state index in [0.717, 1.165) is 25.3 Å². The second-order valence-corrected chi connectivity index (χ2v) is 6.92. The summed E-state index contributed by atoms with van der Waals surface area (Å²) in [7, 11) is 3.75. The number of aryl methyl sites for hydroxylation is 1. The summed E-state index contributed by atoms with van der Waals surface area (Å²) >= 11 is 0. The number of guanidine groups is 1. The van der Waals surface area contributed by atoms with Crippen molar-refractivity contribution in [3.05, 3.63) is 18.0 Å². The van der Waals surface area contributed by atoms with E-state index < -0.39 is 0 Å². The van der Waals surface area contributed by atoms with Gasteiger partial charge in [0.05, 0.1) is 6.20 Å². The SMILES string of the molecule is CN=C(NCCc1cnn(C)c1)NC(C)CCC(C)(C)C. The molecule has 0 amide bonds. The van der Waals surface area contributed by atoms with Crippen LogP contribution in [-0.4, -0.2) is 35.4 Å². The zero-order chi connectivity index (χ0) is 15.9. The van der Waals surface area contributed by atoms with Crippen molar-refractivity contribution in [2.45, 2.75) is 53.0 Å². The Labute approximate surface area is 129 Å². The molecule has 0 radical (unpaired) electrons. The topological polar surface area (TPSA) is 54.2 Å². The first-order valence-electron chi connectivity index (χ1n) is 7.75. The molecule has 0 aliphatic carbocycles. The third kappa shape index (κ3) is 7.73. The minimum atomic E-state index is 0.382. The lowest BCUT2D eigenvalue weighted by molar-refractivity contribution is 0.346. The van der Waals surface area contributed by atoms with Crippen LogP contribution in [0, 0.1) is 5.41 Å². The maximum absolute atomic E-state index is 4.28. The number of nitrogens with one attached hydrogen (secondary N) is 2. The monoisotopic (exact) mass is 293 g/mol. The molecule has 120 valence electrons. The number of hydrogen-bond acceptors (Lipinski definition) is 2. The number of aromatic nitrogens is 2. The molecule has 0 fully saturated rings. The van der Waals surface area contributed by atoms with Crippen LogP contribution in [0.5, 0.6) is 0 Å². The summed E-state index contributed by atoms with van der Waals surface area (Å²) in [4.78, 5) is 4.28. The molecule has 0 aliphatic heterocycles. The average molecular weight is 293 g/mol. The minimum Gasteiger partial charge on any atom is -0.356 e. The fourth-order valence-corrected chi connectivity index (χ4v) is 2.08. The van der Waals surface area contributed by atoms with Gasteiger partial charge in [0.15, 0.2) is 5.96 Å². The smallest absolute Gasteiger partial charge is 0.191 e. The van der Waals surface area contributed by atoms with Gasteiger partial charge in [0.1, 0.15) is 0 Å². The van der Waals surface area contributed by atoms with Crippen LogP contribution < -0.4 is 10.6 Å². The highest BCUT2D eigenvalue weighted by molar-refractivity contribution is 5.79. The van der Waals surface area contributed by atoms with Crippen LogP contribution in [0.2, 0.25) is 0 Å². The molecule has 0 aliphatic rings. The molecule has 21 heavy (non-hydrogen) atoms. The lowest BCUT2D eigenvalue weighted by Gasteiger charge is -2.23. The second-order valence-electron chi connectivity index (χ2n) is 6.92. The molecule has 0 aromatic carbocycles. The fraction of sp³-hybridized carbons (Fsp3) is 0.750. The van der Waals surface area contributed by atoms with Crippen LogP contribution in [0.25, 0.3) is 0 Å².